The number of hydrogen-bond acceptors (Lipinski definition) is 4. The van der Waals surface area contributed by atoms with Gasteiger partial charge in [-0.1, -0.05) is 16.8 Å². The number of rotatable bonds is 3. The predicted molar refractivity (Wildman–Crippen MR) is 62.9 cm³/mol. The lowest BCUT2D eigenvalue weighted by molar-refractivity contribution is 0.0514. The first-order chi connectivity index (χ1) is 8.61. The molecule has 18 heavy (non-hydrogen) atoms. The van der Waals surface area contributed by atoms with Crippen molar-refractivity contribution < 1.29 is 18.4 Å². The first-order valence-corrected chi connectivity index (χ1v) is 5.59. The van der Waals surface area contributed by atoms with Crippen molar-refractivity contribution in [3.05, 3.63) is 40.8 Å². The molecule has 0 fully saturated rings. The second-order valence-corrected chi connectivity index (χ2v) is 3.83. The van der Waals surface area contributed by atoms with Crippen LogP contribution in [0.5, 0.6) is 0 Å². The smallest absolute Gasteiger partial charge is 0.360 e. The minimum absolute atomic E-state index is 0.0484. The van der Waals surface area contributed by atoms with Gasteiger partial charge in [-0.15, -0.1) is 0 Å². The van der Waals surface area contributed by atoms with E-state index >= 15 is 0 Å². The van der Waals surface area contributed by atoms with E-state index in [2.05, 4.69) is 5.16 Å². The minimum Gasteiger partial charge on any atom is -0.461 e. The van der Waals surface area contributed by atoms with Gasteiger partial charge in [-0.3, -0.25) is 0 Å². The molecule has 6 heteroatoms. The van der Waals surface area contributed by atoms with Gasteiger partial charge in [-0.2, -0.15) is 0 Å². The van der Waals surface area contributed by atoms with Crippen molar-refractivity contribution in [3.8, 4) is 11.3 Å². The summed E-state index contributed by atoms with van der Waals surface area (Å²) in [6.45, 7) is 1.94. The normalized spacial score (nSPS) is 10.4. The predicted octanol–water partition coefficient (Wildman–Crippen LogP) is 3.31. The molecule has 2 aromatic rings. The molecule has 4 nitrogen and oxygen atoms in total. The van der Waals surface area contributed by atoms with Gasteiger partial charge in [0.05, 0.1) is 11.6 Å². The number of carbonyl (C=O) groups excluding carboxylic acids is 1. The maximum Gasteiger partial charge on any atom is 0.360 e. The Bertz CT molecular complexity index is 582. The maximum atomic E-state index is 12.9. The highest BCUT2D eigenvalue weighted by atomic mass is 35.5. The zero-order valence-corrected chi connectivity index (χ0v) is 10.2. The Labute approximate surface area is 107 Å². The topological polar surface area (TPSA) is 52.3 Å². The fraction of sp³-hybridized carbons (Fsp3) is 0.167. The third-order valence-electron chi connectivity index (χ3n) is 2.19. The van der Waals surface area contributed by atoms with Crippen LogP contribution in [-0.4, -0.2) is 17.7 Å². The van der Waals surface area contributed by atoms with E-state index in [9.17, 15) is 9.18 Å². The molecule has 0 aliphatic rings. The van der Waals surface area contributed by atoms with Gasteiger partial charge in [0.2, 0.25) is 0 Å². The zero-order chi connectivity index (χ0) is 13.1. The summed E-state index contributed by atoms with van der Waals surface area (Å²) < 4.78 is 22.6. The van der Waals surface area contributed by atoms with Crippen LogP contribution < -0.4 is 0 Å². The zero-order valence-electron chi connectivity index (χ0n) is 9.44. The molecule has 0 radical (unpaired) electrons. The summed E-state index contributed by atoms with van der Waals surface area (Å²) in [5.41, 5.74) is 0.508. The van der Waals surface area contributed by atoms with E-state index < -0.39 is 11.8 Å². The average Bonchev–Trinajstić information content (AvgIpc) is 2.78. The van der Waals surface area contributed by atoms with Crippen molar-refractivity contribution in [1.82, 2.24) is 5.16 Å². The van der Waals surface area contributed by atoms with Gasteiger partial charge in [0.15, 0.2) is 11.5 Å². The quantitative estimate of drug-likeness (QED) is 0.802. The van der Waals surface area contributed by atoms with E-state index in [1.54, 1.807) is 6.92 Å². The lowest BCUT2D eigenvalue weighted by atomic mass is 10.1. The highest BCUT2D eigenvalue weighted by molar-refractivity contribution is 6.33. The summed E-state index contributed by atoms with van der Waals surface area (Å²) in [6.07, 6.45) is 0. The molecule has 1 heterocycles. The number of carbonyl (C=O) groups is 1. The first kappa shape index (κ1) is 12.6. The van der Waals surface area contributed by atoms with Gasteiger partial charge < -0.3 is 9.26 Å². The molecule has 0 amide bonds. The molecular formula is C12H9ClFNO3. The van der Waals surface area contributed by atoms with E-state index in [0.29, 0.717) is 5.56 Å². The van der Waals surface area contributed by atoms with Gasteiger partial charge in [-0.25, -0.2) is 9.18 Å². The summed E-state index contributed by atoms with van der Waals surface area (Å²) in [5, 5.41) is 3.75. The van der Waals surface area contributed by atoms with Crippen molar-refractivity contribution in [2.75, 3.05) is 6.61 Å². The maximum absolute atomic E-state index is 12.9. The van der Waals surface area contributed by atoms with Crippen LogP contribution in [0.4, 0.5) is 4.39 Å². The number of aromatic nitrogens is 1. The first-order valence-electron chi connectivity index (χ1n) is 5.21. The Kier molecular flexibility index (Phi) is 3.62. The Morgan fingerprint density at radius 1 is 1.50 bits per heavy atom. The van der Waals surface area contributed by atoms with Gasteiger partial charge in [0, 0.05) is 11.6 Å². The Hall–Kier alpha value is -1.88. The summed E-state index contributed by atoms with van der Waals surface area (Å²) in [5.74, 6) is -0.748. The van der Waals surface area contributed by atoms with Crippen LogP contribution in [0.1, 0.15) is 17.4 Å². The van der Waals surface area contributed by atoms with Crippen LogP contribution in [0.2, 0.25) is 5.02 Å². The van der Waals surface area contributed by atoms with Crippen molar-refractivity contribution in [2.24, 2.45) is 0 Å². The fourth-order valence-corrected chi connectivity index (χ4v) is 1.65. The van der Waals surface area contributed by atoms with Gasteiger partial charge in [-0.05, 0) is 25.1 Å². The van der Waals surface area contributed by atoms with E-state index in [1.807, 2.05) is 0 Å². The lowest BCUT2D eigenvalue weighted by Crippen LogP contribution is -2.04. The summed E-state index contributed by atoms with van der Waals surface area (Å²) in [4.78, 5) is 11.4. The number of hydrogen-bond donors (Lipinski definition) is 0. The molecule has 0 spiro atoms. The highest BCUT2D eigenvalue weighted by Crippen LogP contribution is 2.29. The van der Waals surface area contributed by atoms with Crippen LogP contribution in [0.15, 0.2) is 28.8 Å². The van der Waals surface area contributed by atoms with Crippen LogP contribution in [-0.2, 0) is 4.74 Å². The summed E-state index contributed by atoms with van der Waals surface area (Å²) in [6, 6.07) is 5.25. The monoisotopic (exact) mass is 269 g/mol. The molecule has 1 aromatic carbocycles. The lowest BCUT2D eigenvalue weighted by Gasteiger charge is -1.98. The number of benzene rings is 1. The molecule has 94 valence electrons. The molecule has 0 saturated carbocycles. The van der Waals surface area contributed by atoms with Crippen LogP contribution in [0, 0.1) is 5.82 Å². The SMILES string of the molecule is CCOC(=O)c1cc(-c2ccc(F)cc2Cl)on1. The second-order valence-electron chi connectivity index (χ2n) is 3.42. The Morgan fingerprint density at radius 3 is 2.94 bits per heavy atom. The second kappa shape index (κ2) is 5.18. The molecule has 0 aliphatic carbocycles. The molecule has 2 rings (SSSR count). The molecule has 0 N–H and O–H groups in total. The Balaban J connectivity index is 2.32. The van der Waals surface area contributed by atoms with Crippen molar-refractivity contribution in [3.63, 3.8) is 0 Å². The van der Waals surface area contributed by atoms with Crippen LogP contribution in [0.25, 0.3) is 11.3 Å². The minimum atomic E-state index is -0.578. The number of halogens is 2. The molecular weight excluding hydrogens is 261 g/mol. The highest BCUT2D eigenvalue weighted by Gasteiger charge is 2.16. The molecule has 0 aliphatic heterocycles. The molecule has 0 unspecified atom stereocenters. The van der Waals surface area contributed by atoms with E-state index in [-0.39, 0.29) is 23.1 Å². The van der Waals surface area contributed by atoms with Crippen molar-refractivity contribution in [1.29, 1.82) is 0 Å². The summed E-state index contributed by atoms with van der Waals surface area (Å²) >= 11 is 5.87. The Morgan fingerprint density at radius 2 is 2.28 bits per heavy atom. The van der Waals surface area contributed by atoms with E-state index in [1.165, 1.54) is 18.2 Å². The summed E-state index contributed by atoms with van der Waals surface area (Å²) in [7, 11) is 0. The van der Waals surface area contributed by atoms with E-state index in [0.717, 1.165) is 6.07 Å². The van der Waals surface area contributed by atoms with Crippen molar-refractivity contribution >= 4 is 17.6 Å². The van der Waals surface area contributed by atoms with Crippen molar-refractivity contribution in [2.45, 2.75) is 6.92 Å². The largest absolute Gasteiger partial charge is 0.461 e. The molecule has 0 bridgehead atoms. The third kappa shape index (κ3) is 2.51. The number of ether oxygens (including phenoxy) is 1. The van der Waals surface area contributed by atoms with Gasteiger partial charge >= 0.3 is 5.97 Å². The van der Waals surface area contributed by atoms with E-state index in [4.69, 9.17) is 20.9 Å². The molecule has 1 aromatic heterocycles. The number of nitrogens with zero attached hydrogens (tertiary/aromatic N) is 1. The number of esters is 1. The van der Waals surface area contributed by atoms with Crippen LogP contribution >= 0.6 is 11.6 Å². The molecule has 0 saturated heterocycles. The third-order valence-corrected chi connectivity index (χ3v) is 2.50. The van der Waals surface area contributed by atoms with Gasteiger partial charge in [0.25, 0.3) is 0 Å². The van der Waals surface area contributed by atoms with Crippen LogP contribution in [0.3, 0.4) is 0 Å². The van der Waals surface area contributed by atoms with Gasteiger partial charge in [0.1, 0.15) is 5.82 Å². The average molecular weight is 270 g/mol. The molecule has 0 atom stereocenters. The standard InChI is InChI=1S/C12H9ClFNO3/c1-2-17-12(16)10-6-11(18-15-10)8-4-3-7(14)5-9(8)13/h3-6H,2H2,1H3. The fourth-order valence-electron chi connectivity index (χ4n) is 1.39.